The summed E-state index contributed by atoms with van der Waals surface area (Å²) >= 11 is 0. The molecule has 0 amide bonds. The molecule has 0 saturated carbocycles. The second kappa shape index (κ2) is 13.7. The molecule has 15 rings (SSSR count). The van der Waals surface area contributed by atoms with Gasteiger partial charge in [0.1, 0.15) is 11.2 Å². The molecule has 0 radical (unpaired) electrons. The zero-order chi connectivity index (χ0) is 43.8. The summed E-state index contributed by atoms with van der Waals surface area (Å²) in [6.45, 7) is 0. The number of rotatable bonds is 5. The Labute approximate surface area is 388 Å². The van der Waals surface area contributed by atoms with Gasteiger partial charge in [-0.25, -0.2) is 0 Å². The fourth-order valence-corrected chi connectivity index (χ4v) is 12.2. The second-order valence-corrected chi connectivity index (χ2v) is 18.3. The van der Waals surface area contributed by atoms with Crippen LogP contribution >= 0.6 is 0 Å². The molecule has 0 N–H and O–H groups in total. The number of anilines is 3. The smallest absolute Gasteiger partial charge is 0.143 e. The lowest BCUT2D eigenvalue weighted by Crippen LogP contribution is -2.26. The van der Waals surface area contributed by atoms with Gasteiger partial charge in [-0.05, 0) is 143 Å². The van der Waals surface area contributed by atoms with E-state index in [1.54, 1.807) is 0 Å². The molecule has 1 heterocycles. The van der Waals surface area contributed by atoms with Gasteiger partial charge >= 0.3 is 0 Å². The lowest BCUT2D eigenvalue weighted by atomic mass is 9.70. The van der Waals surface area contributed by atoms with Crippen LogP contribution in [0.1, 0.15) is 22.3 Å². The lowest BCUT2D eigenvalue weighted by Gasteiger charge is -2.32. The minimum atomic E-state index is -0.456. The van der Waals surface area contributed by atoms with Crippen LogP contribution in [0.4, 0.5) is 17.1 Å². The third-order valence-electron chi connectivity index (χ3n) is 15.0. The average Bonchev–Trinajstić information content (AvgIpc) is 4.11. The van der Waals surface area contributed by atoms with Gasteiger partial charge in [-0.1, -0.05) is 188 Å². The summed E-state index contributed by atoms with van der Waals surface area (Å²) in [6.07, 6.45) is 0. The molecule has 0 atom stereocenters. The van der Waals surface area contributed by atoms with Crippen molar-refractivity contribution in [3.8, 4) is 66.8 Å². The summed E-state index contributed by atoms with van der Waals surface area (Å²) in [6, 6.07) is 87.6. The Morgan fingerprint density at radius 1 is 0.299 bits per heavy atom. The maximum absolute atomic E-state index is 6.53. The molecule has 2 nitrogen and oxygen atoms in total. The van der Waals surface area contributed by atoms with Crippen molar-refractivity contribution >= 4 is 49.8 Å². The van der Waals surface area contributed by atoms with E-state index < -0.39 is 5.41 Å². The van der Waals surface area contributed by atoms with Crippen molar-refractivity contribution in [1.29, 1.82) is 0 Å². The first kappa shape index (κ1) is 36.6. The van der Waals surface area contributed by atoms with Crippen LogP contribution in [-0.2, 0) is 5.41 Å². The Morgan fingerprint density at radius 2 is 0.821 bits per heavy atom. The minimum absolute atomic E-state index is 0.456. The largest absolute Gasteiger partial charge is 0.455 e. The normalized spacial score (nSPS) is 13.2. The number of hydrogen-bond acceptors (Lipinski definition) is 2. The Kier molecular flexibility index (Phi) is 7.46. The van der Waals surface area contributed by atoms with Crippen LogP contribution in [0.25, 0.3) is 99.5 Å². The van der Waals surface area contributed by atoms with E-state index in [1.165, 1.54) is 88.7 Å². The quantitative estimate of drug-likeness (QED) is 0.172. The number of hydrogen-bond donors (Lipinski definition) is 0. The first-order valence-electron chi connectivity index (χ1n) is 23.2. The van der Waals surface area contributed by atoms with Crippen molar-refractivity contribution in [2.75, 3.05) is 4.90 Å². The van der Waals surface area contributed by atoms with Gasteiger partial charge < -0.3 is 9.32 Å². The highest BCUT2D eigenvalue weighted by atomic mass is 16.3. The first-order chi connectivity index (χ1) is 33.2. The first-order valence-corrected chi connectivity index (χ1v) is 23.2. The highest BCUT2D eigenvalue weighted by Crippen LogP contribution is 2.63. The fraction of sp³-hybridized carbons (Fsp3) is 0.0154. The molecule has 12 aromatic rings. The predicted molar refractivity (Wildman–Crippen MR) is 278 cm³/mol. The molecule has 67 heavy (non-hydrogen) atoms. The van der Waals surface area contributed by atoms with Crippen LogP contribution in [0.5, 0.6) is 0 Å². The van der Waals surface area contributed by atoms with Gasteiger partial charge in [0, 0.05) is 33.4 Å². The summed E-state index contributed by atoms with van der Waals surface area (Å²) in [5.74, 6) is 0. The van der Waals surface area contributed by atoms with Gasteiger partial charge in [0.2, 0.25) is 0 Å². The molecular weight excluding hydrogens is 811 g/mol. The molecule has 1 aromatic heterocycles. The standard InChI is InChI=1S/C65H39NO/c1-5-25-58-49(17-1)50-18-2-6-26-59(50)65(58)60-27-7-3-19-51(60)52-36-34-46(39-61(52)65)66(44-32-29-40(30-33-44)47-21-12-24-56-53-20-4-8-28-62(53)67-64(47)56)45-16-9-15-42(37-45)43-31-35-48-54-22-10-13-41-14-11-23-55(63(41)54)57(48)38-43/h1-39H. The van der Waals surface area contributed by atoms with Crippen LogP contribution in [0.15, 0.2) is 241 Å². The van der Waals surface area contributed by atoms with Crippen molar-refractivity contribution in [3.63, 3.8) is 0 Å². The summed E-state index contributed by atoms with van der Waals surface area (Å²) in [4.78, 5) is 2.45. The Balaban J connectivity index is 0.921. The van der Waals surface area contributed by atoms with Crippen LogP contribution < -0.4 is 4.90 Å². The number of benzene rings is 11. The van der Waals surface area contributed by atoms with Crippen molar-refractivity contribution in [3.05, 3.63) is 259 Å². The molecular formula is C65H39NO. The molecule has 0 bridgehead atoms. The molecule has 11 aromatic carbocycles. The minimum Gasteiger partial charge on any atom is -0.455 e. The number of nitrogens with zero attached hydrogens (tertiary/aromatic N) is 1. The summed E-state index contributed by atoms with van der Waals surface area (Å²) in [7, 11) is 0. The molecule has 0 fully saturated rings. The Hall–Kier alpha value is -8.72. The number of para-hydroxylation sites is 2. The Bertz CT molecular complexity index is 3990. The molecule has 3 aliphatic rings. The van der Waals surface area contributed by atoms with E-state index in [-0.39, 0.29) is 0 Å². The van der Waals surface area contributed by atoms with Gasteiger partial charge in [-0.3, -0.25) is 0 Å². The van der Waals surface area contributed by atoms with Crippen LogP contribution in [0.3, 0.4) is 0 Å². The van der Waals surface area contributed by atoms with Crippen LogP contribution in [0, 0.1) is 0 Å². The fourth-order valence-electron chi connectivity index (χ4n) is 12.2. The van der Waals surface area contributed by atoms with E-state index in [4.69, 9.17) is 4.42 Å². The van der Waals surface area contributed by atoms with Crippen LogP contribution in [-0.4, -0.2) is 0 Å². The molecule has 0 unspecified atom stereocenters. The third-order valence-corrected chi connectivity index (χ3v) is 15.0. The van der Waals surface area contributed by atoms with Crippen molar-refractivity contribution < 1.29 is 4.42 Å². The predicted octanol–water partition coefficient (Wildman–Crippen LogP) is 17.5. The monoisotopic (exact) mass is 849 g/mol. The SMILES string of the molecule is c1cc(-c2ccc3c(c2)-c2cccc4cccc-3c24)cc(N(c2ccc(-c3cccc4c3oc3ccccc34)cc2)c2ccc3c(c2)C2(c4ccccc4-c4ccccc42)c2ccccc2-3)c1. The van der Waals surface area contributed by atoms with E-state index in [1.807, 2.05) is 6.07 Å². The van der Waals surface area contributed by atoms with Gasteiger partial charge in [0.15, 0.2) is 0 Å². The van der Waals surface area contributed by atoms with E-state index in [2.05, 4.69) is 235 Å². The van der Waals surface area contributed by atoms with E-state index in [9.17, 15) is 0 Å². The van der Waals surface area contributed by atoms with Gasteiger partial charge in [-0.2, -0.15) is 0 Å². The van der Waals surface area contributed by atoms with Crippen molar-refractivity contribution in [2.24, 2.45) is 0 Å². The van der Waals surface area contributed by atoms with E-state index >= 15 is 0 Å². The topological polar surface area (TPSA) is 16.4 Å². The molecule has 0 aliphatic heterocycles. The molecule has 1 spiro atoms. The maximum atomic E-state index is 6.53. The van der Waals surface area contributed by atoms with Gasteiger partial charge in [0.25, 0.3) is 0 Å². The molecule has 2 heteroatoms. The zero-order valence-electron chi connectivity index (χ0n) is 36.4. The molecule has 0 saturated heterocycles. The zero-order valence-corrected chi connectivity index (χ0v) is 36.4. The molecule has 310 valence electrons. The number of furan rings is 1. The lowest BCUT2D eigenvalue weighted by molar-refractivity contribution is 0.670. The Morgan fingerprint density at radius 3 is 1.57 bits per heavy atom. The molecule has 3 aliphatic carbocycles. The van der Waals surface area contributed by atoms with Crippen molar-refractivity contribution in [1.82, 2.24) is 0 Å². The van der Waals surface area contributed by atoms with E-state index in [0.29, 0.717) is 0 Å². The summed E-state index contributed by atoms with van der Waals surface area (Å²) < 4.78 is 6.53. The summed E-state index contributed by atoms with van der Waals surface area (Å²) in [5, 5.41) is 4.90. The number of fused-ring (bicyclic) bond motifs is 16. The van der Waals surface area contributed by atoms with Crippen molar-refractivity contribution in [2.45, 2.75) is 5.41 Å². The second-order valence-electron chi connectivity index (χ2n) is 18.3. The highest BCUT2D eigenvalue weighted by Gasteiger charge is 2.51. The third kappa shape index (κ3) is 4.99. The summed E-state index contributed by atoms with van der Waals surface area (Å²) in [5.41, 5.74) is 24.9. The maximum Gasteiger partial charge on any atom is 0.143 e. The van der Waals surface area contributed by atoms with E-state index in [0.717, 1.165) is 50.1 Å². The van der Waals surface area contributed by atoms with Gasteiger partial charge in [-0.15, -0.1) is 0 Å². The average molecular weight is 850 g/mol. The highest BCUT2D eigenvalue weighted by molar-refractivity contribution is 6.16. The van der Waals surface area contributed by atoms with Gasteiger partial charge in [0.05, 0.1) is 5.41 Å². The van der Waals surface area contributed by atoms with Crippen LogP contribution in [0.2, 0.25) is 0 Å².